The summed E-state index contributed by atoms with van der Waals surface area (Å²) >= 11 is 0. The van der Waals surface area contributed by atoms with Crippen molar-refractivity contribution in [3.63, 3.8) is 0 Å². The number of halogens is 5. The molecule has 0 radical (unpaired) electrons. The van der Waals surface area contributed by atoms with Crippen LogP contribution in [0.3, 0.4) is 0 Å². The van der Waals surface area contributed by atoms with E-state index in [1.54, 1.807) is 0 Å². The van der Waals surface area contributed by atoms with Gasteiger partial charge in [0.15, 0.2) is 0 Å². The summed E-state index contributed by atoms with van der Waals surface area (Å²) < 4.78 is 70.5. The third-order valence-electron chi connectivity index (χ3n) is 4.97. The fourth-order valence-corrected chi connectivity index (χ4v) is 3.67. The molecular formula is C18H19F5N2O. The third kappa shape index (κ3) is 3.88. The van der Waals surface area contributed by atoms with Gasteiger partial charge < -0.3 is 4.52 Å². The summed E-state index contributed by atoms with van der Waals surface area (Å²) in [7, 11) is 0. The van der Waals surface area contributed by atoms with Gasteiger partial charge in [0.05, 0.1) is 5.56 Å². The van der Waals surface area contributed by atoms with Gasteiger partial charge in [-0.1, -0.05) is 24.9 Å². The molecule has 1 heterocycles. The standard InChI is InChI=1S/C18H19F5N2O/c1-2-3-10-4-6-11(7-5-10)12-8-13(19)15(14(20)9-12)16-24-17(26-25-16)18(21,22)23/h8-11H,2-7H2,1H3. The Morgan fingerprint density at radius 3 is 2.19 bits per heavy atom. The Bertz CT molecular complexity index is 740. The van der Waals surface area contributed by atoms with E-state index in [4.69, 9.17) is 0 Å². The van der Waals surface area contributed by atoms with Crippen molar-refractivity contribution in [3.8, 4) is 11.4 Å². The monoisotopic (exact) mass is 374 g/mol. The zero-order chi connectivity index (χ0) is 18.9. The van der Waals surface area contributed by atoms with E-state index < -0.39 is 35.1 Å². The summed E-state index contributed by atoms with van der Waals surface area (Å²) in [6.45, 7) is 2.14. The molecule has 3 nitrogen and oxygen atoms in total. The van der Waals surface area contributed by atoms with E-state index >= 15 is 0 Å². The molecule has 1 aliphatic rings. The molecule has 1 fully saturated rings. The zero-order valence-corrected chi connectivity index (χ0v) is 14.2. The highest BCUT2D eigenvalue weighted by molar-refractivity contribution is 5.57. The Kier molecular flexibility index (Phi) is 5.29. The molecule has 0 saturated heterocycles. The Balaban J connectivity index is 1.82. The van der Waals surface area contributed by atoms with E-state index in [9.17, 15) is 22.0 Å². The summed E-state index contributed by atoms with van der Waals surface area (Å²) in [6.07, 6.45) is 1.15. The Labute approximate surface area is 147 Å². The molecule has 0 amide bonds. The largest absolute Gasteiger partial charge is 0.471 e. The SMILES string of the molecule is CCCC1CCC(c2cc(F)c(-c3noc(C(F)(F)F)n3)c(F)c2)CC1. The highest BCUT2D eigenvalue weighted by atomic mass is 19.4. The Morgan fingerprint density at radius 2 is 1.69 bits per heavy atom. The molecule has 3 rings (SSSR count). The first kappa shape index (κ1) is 18.8. The average Bonchev–Trinajstić information content (AvgIpc) is 3.05. The molecule has 0 unspecified atom stereocenters. The fourth-order valence-electron chi connectivity index (χ4n) is 3.67. The van der Waals surface area contributed by atoms with Crippen LogP contribution in [-0.2, 0) is 6.18 Å². The maximum absolute atomic E-state index is 14.4. The third-order valence-corrected chi connectivity index (χ3v) is 4.97. The molecule has 1 aromatic heterocycles. The zero-order valence-electron chi connectivity index (χ0n) is 14.2. The lowest BCUT2D eigenvalue weighted by molar-refractivity contribution is -0.159. The second-order valence-corrected chi connectivity index (χ2v) is 6.79. The predicted molar refractivity (Wildman–Crippen MR) is 84.3 cm³/mol. The summed E-state index contributed by atoms with van der Waals surface area (Å²) in [6, 6.07) is 2.35. The average molecular weight is 374 g/mol. The first-order valence-electron chi connectivity index (χ1n) is 8.69. The molecule has 1 aliphatic carbocycles. The van der Waals surface area contributed by atoms with Crippen LogP contribution in [0.15, 0.2) is 16.7 Å². The summed E-state index contributed by atoms with van der Waals surface area (Å²) in [5, 5.41) is 3.06. The number of aromatic nitrogens is 2. The molecule has 1 aromatic carbocycles. The topological polar surface area (TPSA) is 38.9 Å². The molecule has 0 N–H and O–H groups in total. The van der Waals surface area contributed by atoms with Crippen LogP contribution in [0, 0.1) is 17.6 Å². The van der Waals surface area contributed by atoms with E-state index in [-0.39, 0.29) is 5.92 Å². The van der Waals surface area contributed by atoms with Crippen LogP contribution in [0.5, 0.6) is 0 Å². The highest BCUT2D eigenvalue weighted by Crippen LogP contribution is 2.39. The minimum Gasteiger partial charge on any atom is -0.329 e. The van der Waals surface area contributed by atoms with Crippen molar-refractivity contribution in [2.75, 3.05) is 0 Å². The molecule has 0 bridgehead atoms. The predicted octanol–water partition coefficient (Wildman–Crippen LogP) is 6.11. The van der Waals surface area contributed by atoms with Crippen LogP contribution in [-0.4, -0.2) is 10.1 Å². The normalized spacial score (nSPS) is 21.2. The van der Waals surface area contributed by atoms with Crippen LogP contribution in [0.1, 0.15) is 62.8 Å². The van der Waals surface area contributed by atoms with Gasteiger partial charge in [-0.3, -0.25) is 0 Å². The fraction of sp³-hybridized carbons (Fsp3) is 0.556. The Hall–Kier alpha value is -1.99. The number of hydrogen-bond acceptors (Lipinski definition) is 3. The van der Waals surface area contributed by atoms with Gasteiger partial charge in [0, 0.05) is 0 Å². The van der Waals surface area contributed by atoms with Crippen LogP contribution in [0.2, 0.25) is 0 Å². The van der Waals surface area contributed by atoms with E-state index in [1.807, 2.05) is 0 Å². The van der Waals surface area contributed by atoms with Crippen molar-refractivity contribution >= 4 is 0 Å². The van der Waals surface area contributed by atoms with E-state index in [0.29, 0.717) is 11.5 Å². The van der Waals surface area contributed by atoms with Gasteiger partial charge in [-0.05, 0) is 55.2 Å². The summed E-state index contributed by atoms with van der Waals surface area (Å²) in [4.78, 5) is 3.06. The number of hydrogen-bond donors (Lipinski definition) is 0. The number of nitrogens with zero attached hydrogens (tertiary/aromatic N) is 2. The van der Waals surface area contributed by atoms with Crippen molar-refractivity contribution in [1.82, 2.24) is 10.1 Å². The minimum atomic E-state index is -4.87. The van der Waals surface area contributed by atoms with Gasteiger partial charge in [-0.25, -0.2) is 8.78 Å². The minimum absolute atomic E-state index is 0.0529. The number of rotatable bonds is 4. The second-order valence-electron chi connectivity index (χ2n) is 6.79. The molecule has 26 heavy (non-hydrogen) atoms. The molecular weight excluding hydrogens is 355 g/mol. The quantitative estimate of drug-likeness (QED) is 0.606. The molecule has 1 saturated carbocycles. The van der Waals surface area contributed by atoms with Crippen LogP contribution < -0.4 is 0 Å². The van der Waals surface area contributed by atoms with Gasteiger partial charge in [0.1, 0.15) is 11.6 Å². The lowest BCUT2D eigenvalue weighted by atomic mass is 9.77. The maximum Gasteiger partial charge on any atom is 0.471 e. The van der Waals surface area contributed by atoms with Gasteiger partial charge >= 0.3 is 12.1 Å². The van der Waals surface area contributed by atoms with Gasteiger partial charge in [-0.15, -0.1) is 0 Å². The lowest BCUT2D eigenvalue weighted by Crippen LogP contribution is -2.13. The lowest BCUT2D eigenvalue weighted by Gasteiger charge is -2.28. The van der Waals surface area contributed by atoms with Gasteiger partial charge in [-0.2, -0.15) is 18.2 Å². The van der Waals surface area contributed by atoms with E-state index in [2.05, 4.69) is 21.6 Å². The molecule has 8 heteroatoms. The molecule has 0 spiro atoms. The molecule has 0 atom stereocenters. The van der Waals surface area contributed by atoms with Crippen LogP contribution in [0.4, 0.5) is 22.0 Å². The summed E-state index contributed by atoms with van der Waals surface area (Å²) in [5.41, 5.74) is -0.175. The first-order valence-corrected chi connectivity index (χ1v) is 8.69. The molecule has 0 aliphatic heterocycles. The smallest absolute Gasteiger partial charge is 0.329 e. The van der Waals surface area contributed by atoms with Crippen molar-refractivity contribution in [2.24, 2.45) is 5.92 Å². The van der Waals surface area contributed by atoms with Crippen LogP contribution in [0.25, 0.3) is 11.4 Å². The Morgan fingerprint density at radius 1 is 1.08 bits per heavy atom. The second kappa shape index (κ2) is 7.32. The van der Waals surface area contributed by atoms with Gasteiger partial charge in [0.25, 0.3) is 0 Å². The number of benzene rings is 1. The molecule has 2 aromatic rings. The van der Waals surface area contributed by atoms with E-state index in [0.717, 1.165) is 38.5 Å². The summed E-state index contributed by atoms with van der Waals surface area (Å²) in [5.74, 6) is -3.63. The maximum atomic E-state index is 14.4. The molecule has 142 valence electrons. The highest BCUT2D eigenvalue weighted by Gasteiger charge is 2.39. The van der Waals surface area contributed by atoms with E-state index in [1.165, 1.54) is 12.1 Å². The van der Waals surface area contributed by atoms with Crippen molar-refractivity contribution in [2.45, 2.75) is 57.5 Å². The van der Waals surface area contributed by atoms with Crippen molar-refractivity contribution in [3.05, 3.63) is 35.2 Å². The van der Waals surface area contributed by atoms with Crippen molar-refractivity contribution in [1.29, 1.82) is 0 Å². The number of alkyl halides is 3. The van der Waals surface area contributed by atoms with Crippen molar-refractivity contribution < 1.29 is 26.5 Å². The van der Waals surface area contributed by atoms with Gasteiger partial charge in [0.2, 0.25) is 5.82 Å². The first-order chi connectivity index (χ1) is 12.3. The van der Waals surface area contributed by atoms with Crippen LogP contribution >= 0.6 is 0 Å².